The van der Waals surface area contributed by atoms with Crippen molar-refractivity contribution >= 4 is 27.5 Å². The minimum Gasteiger partial charge on any atom is -0.399 e. The highest BCUT2D eigenvalue weighted by atomic mass is 32.2. The Bertz CT molecular complexity index is 516. The van der Waals surface area contributed by atoms with Crippen molar-refractivity contribution in [3.8, 4) is 0 Å². The normalized spacial score (nSPS) is 20.8. The van der Waals surface area contributed by atoms with Gasteiger partial charge in [-0.3, -0.25) is 0 Å². The van der Waals surface area contributed by atoms with E-state index in [2.05, 4.69) is 0 Å². The van der Waals surface area contributed by atoms with Crippen molar-refractivity contribution < 1.29 is 13.5 Å². The van der Waals surface area contributed by atoms with Gasteiger partial charge in [-0.25, -0.2) is 8.42 Å². The fraction of sp³-hybridized carbons (Fsp3) is 0.500. The van der Waals surface area contributed by atoms with E-state index in [0.717, 1.165) is 4.90 Å². The highest BCUT2D eigenvalue weighted by molar-refractivity contribution is 8.00. The van der Waals surface area contributed by atoms with Gasteiger partial charge in [0.15, 0.2) is 0 Å². The van der Waals surface area contributed by atoms with Gasteiger partial charge in [-0.2, -0.15) is 4.31 Å². The van der Waals surface area contributed by atoms with Gasteiger partial charge in [0.05, 0.1) is 11.9 Å². The van der Waals surface area contributed by atoms with Crippen molar-refractivity contribution in [2.75, 3.05) is 30.3 Å². The number of benzene rings is 1. The first-order valence-corrected chi connectivity index (χ1v) is 8.71. The molecule has 3 N–H and O–H groups in total. The summed E-state index contributed by atoms with van der Waals surface area (Å²) in [5.41, 5.74) is 6.28. The van der Waals surface area contributed by atoms with E-state index in [1.807, 2.05) is 12.1 Å². The summed E-state index contributed by atoms with van der Waals surface area (Å²) >= 11 is 1.49. The van der Waals surface area contributed by atoms with Crippen LogP contribution in [0.2, 0.25) is 0 Å². The highest BCUT2D eigenvalue weighted by Gasteiger charge is 2.29. The molecule has 1 fully saturated rings. The molecule has 19 heavy (non-hydrogen) atoms. The number of hydrogen-bond donors (Lipinski definition) is 2. The predicted octanol–water partition coefficient (Wildman–Crippen LogP) is 0.757. The van der Waals surface area contributed by atoms with Gasteiger partial charge in [0.25, 0.3) is 0 Å². The van der Waals surface area contributed by atoms with Crippen LogP contribution >= 0.6 is 11.8 Å². The zero-order valence-corrected chi connectivity index (χ0v) is 12.2. The van der Waals surface area contributed by atoms with Crippen molar-refractivity contribution in [3.63, 3.8) is 0 Å². The van der Waals surface area contributed by atoms with Crippen LogP contribution in [0.15, 0.2) is 29.2 Å². The number of thioether (sulfide) groups is 1. The number of aliphatic hydroxyl groups is 1. The first kappa shape index (κ1) is 14.6. The highest BCUT2D eigenvalue weighted by Crippen LogP contribution is 2.21. The van der Waals surface area contributed by atoms with Gasteiger partial charge < -0.3 is 10.8 Å². The number of nitrogen functional groups attached to an aromatic ring is 1. The third-order valence-electron chi connectivity index (χ3n) is 3.01. The summed E-state index contributed by atoms with van der Waals surface area (Å²) in [5.74, 6) is 0.591. The SMILES string of the molecule is Nc1ccc(SCCS(=O)(=O)N2CC[C@H](O)C2)cc1. The molecule has 1 aliphatic rings. The van der Waals surface area contributed by atoms with Gasteiger partial charge in [0.1, 0.15) is 0 Å². The molecule has 1 atom stereocenters. The summed E-state index contributed by atoms with van der Waals surface area (Å²) in [4.78, 5) is 1.01. The Hall–Kier alpha value is -0.760. The molecule has 0 bridgehead atoms. The lowest BCUT2D eigenvalue weighted by Gasteiger charge is -2.15. The predicted molar refractivity (Wildman–Crippen MR) is 77.6 cm³/mol. The molecule has 0 radical (unpaired) electrons. The Morgan fingerprint density at radius 3 is 2.63 bits per heavy atom. The Kier molecular flexibility index (Phi) is 4.72. The van der Waals surface area contributed by atoms with E-state index in [0.29, 0.717) is 24.4 Å². The van der Waals surface area contributed by atoms with E-state index >= 15 is 0 Å². The molecule has 0 aromatic heterocycles. The minimum absolute atomic E-state index is 0.0920. The molecule has 0 saturated carbocycles. The zero-order chi connectivity index (χ0) is 13.9. The number of anilines is 1. The van der Waals surface area contributed by atoms with Gasteiger partial charge in [-0.1, -0.05) is 0 Å². The van der Waals surface area contributed by atoms with Crippen LogP contribution in [0.25, 0.3) is 0 Å². The minimum atomic E-state index is -3.24. The third-order valence-corrected chi connectivity index (χ3v) is 6.12. The first-order chi connectivity index (χ1) is 8.97. The molecule has 1 saturated heterocycles. The van der Waals surface area contributed by atoms with Gasteiger partial charge in [-0.15, -0.1) is 11.8 Å². The van der Waals surface area contributed by atoms with Gasteiger partial charge in [-0.05, 0) is 30.7 Å². The fourth-order valence-electron chi connectivity index (χ4n) is 1.92. The summed E-state index contributed by atoms with van der Waals surface area (Å²) in [5, 5.41) is 9.37. The molecule has 0 aliphatic carbocycles. The summed E-state index contributed by atoms with van der Waals surface area (Å²) in [7, 11) is -3.24. The Labute approximate surface area is 117 Å². The maximum Gasteiger partial charge on any atom is 0.215 e. The van der Waals surface area contributed by atoms with Crippen LogP contribution in [-0.4, -0.2) is 48.5 Å². The largest absolute Gasteiger partial charge is 0.399 e. The standard InChI is InChI=1S/C12H18N2O3S2/c13-10-1-3-12(4-2-10)18-7-8-19(16,17)14-6-5-11(15)9-14/h1-4,11,15H,5-9,13H2/t11-/m0/s1. The Morgan fingerprint density at radius 1 is 1.37 bits per heavy atom. The molecule has 1 heterocycles. The van der Waals surface area contributed by atoms with Crippen molar-refractivity contribution in [3.05, 3.63) is 24.3 Å². The Balaban J connectivity index is 1.83. The molecule has 106 valence electrons. The molecular weight excluding hydrogens is 284 g/mol. The number of nitrogens with zero attached hydrogens (tertiary/aromatic N) is 1. The van der Waals surface area contributed by atoms with Crippen LogP contribution in [-0.2, 0) is 10.0 Å². The molecule has 1 aromatic rings. The van der Waals surface area contributed by atoms with E-state index in [1.54, 1.807) is 12.1 Å². The fourth-order valence-corrected chi connectivity index (χ4v) is 4.70. The van der Waals surface area contributed by atoms with E-state index in [-0.39, 0.29) is 12.3 Å². The van der Waals surface area contributed by atoms with Crippen LogP contribution in [0.4, 0.5) is 5.69 Å². The van der Waals surface area contributed by atoms with E-state index < -0.39 is 16.1 Å². The molecular formula is C12H18N2O3S2. The second-order valence-corrected chi connectivity index (χ2v) is 7.79. The van der Waals surface area contributed by atoms with Crippen molar-refractivity contribution in [2.24, 2.45) is 0 Å². The zero-order valence-electron chi connectivity index (χ0n) is 10.5. The second-order valence-electron chi connectivity index (χ2n) is 4.53. The maximum absolute atomic E-state index is 12.0. The lowest BCUT2D eigenvalue weighted by Crippen LogP contribution is -2.32. The van der Waals surface area contributed by atoms with E-state index in [1.165, 1.54) is 16.1 Å². The molecule has 1 aliphatic heterocycles. The maximum atomic E-state index is 12.0. The molecule has 1 aromatic carbocycles. The van der Waals surface area contributed by atoms with Crippen LogP contribution in [0.5, 0.6) is 0 Å². The van der Waals surface area contributed by atoms with Crippen molar-refractivity contribution in [2.45, 2.75) is 17.4 Å². The molecule has 7 heteroatoms. The number of β-amino-alcohol motifs (C(OH)–C–C–N with tert-alkyl or cyclic N) is 1. The van der Waals surface area contributed by atoms with Gasteiger partial charge >= 0.3 is 0 Å². The number of sulfonamides is 1. The third kappa shape index (κ3) is 4.10. The van der Waals surface area contributed by atoms with Gasteiger partial charge in [0.2, 0.25) is 10.0 Å². The molecule has 5 nitrogen and oxygen atoms in total. The lowest BCUT2D eigenvalue weighted by molar-refractivity contribution is 0.189. The number of hydrogen-bond acceptors (Lipinski definition) is 5. The Morgan fingerprint density at radius 2 is 2.05 bits per heavy atom. The quantitative estimate of drug-likeness (QED) is 0.619. The van der Waals surface area contributed by atoms with Crippen LogP contribution < -0.4 is 5.73 Å². The summed E-state index contributed by atoms with van der Waals surface area (Å²) in [6.07, 6.45) is 0.0178. The molecule has 2 rings (SSSR count). The smallest absolute Gasteiger partial charge is 0.215 e. The topological polar surface area (TPSA) is 83.6 Å². The molecule has 0 unspecified atom stereocenters. The second kappa shape index (κ2) is 6.13. The summed E-state index contributed by atoms with van der Waals surface area (Å²) in [6, 6.07) is 7.36. The molecule has 0 amide bonds. The first-order valence-electron chi connectivity index (χ1n) is 6.11. The van der Waals surface area contributed by atoms with Gasteiger partial charge in [0, 0.05) is 29.4 Å². The average molecular weight is 302 g/mol. The average Bonchev–Trinajstić information content (AvgIpc) is 2.79. The summed E-state index contributed by atoms with van der Waals surface area (Å²) < 4.78 is 25.4. The van der Waals surface area contributed by atoms with E-state index in [4.69, 9.17) is 5.73 Å². The molecule has 0 spiro atoms. The van der Waals surface area contributed by atoms with Crippen LogP contribution in [0, 0.1) is 0 Å². The lowest BCUT2D eigenvalue weighted by atomic mass is 10.3. The van der Waals surface area contributed by atoms with E-state index in [9.17, 15) is 13.5 Å². The number of nitrogens with two attached hydrogens (primary N) is 1. The number of rotatable bonds is 5. The van der Waals surface area contributed by atoms with Crippen molar-refractivity contribution in [1.82, 2.24) is 4.31 Å². The monoisotopic (exact) mass is 302 g/mol. The van der Waals surface area contributed by atoms with Crippen LogP contribution in [0.1, 0.15) is 6.42 Å². The van der Waals surface area contributed by atoms with Crippen molar-refractivity contribution in [1.29, 1.82) is 0 Å². The van der Waals surface area contributed by atoms with Crippen LogP contribution in [0.3, 0.4) is 0 Å². The number of aliphatic hydroxyl groups excluding tert-OH is 1. The summed E-state index contributed by atoms with van der Waals surface area (Å²) in [6.45, 7) is 0.658.